The lowest BCUT2D eigenvalue weighted by molar-refractivity contribution is -0.145. The van der Waals surface area contributed by atoms with Crippen LogP contribution in [0.1, 0.15) is 43.4 Å². The van der Waals surface area contributed by atoms with Crippen LogP contribution >= 0.6 is 11.6 Å². The van der Waals surface area contributed by atoms with Crippen LogP contribution in [0.5, 0.6) is 5.75 Å². The Hall–Kier alpha value is -2.82. The summed E-state index contributed by atoms with van der Waals surface area (Å²) in [6.45, 7) is 3.18. The van der Waals surface area contributed by atoms with Gasteiger partial charge in [-0.15, -0.1) is 0 Å². The molecular formula is C27H28ClNO3. The molecule has 0 aromatic heterocycles. The van der Waals surface area contributed by atoms with Crippen molar-refractivity contribution in [3.8, 4) is 16.9 Å². The number of carboxylic acids is 1. The highest BCUT2D eigenvalue weighted by Gasteiger charge is 2.36. The van der Waals surface area contributed by atoms with Gasteiger partial charge in [0.1, 0.15) is 11.8 Å². The Labute approximate surface area is 194 Å². The van der Waals surface area contributed by atoms with Crippen molar-refractivity contribution in [2.45, 2.75) is 38.3 Å². The lowest BCUT2D eigenvalue weighted by Crippen LogP contribution is -2.46. The Morgan fingerprint density at radius 2 is 1.78 bits per heavy atom. The van der Waals surface area contributed by atoms with Gasteiger partial charge < -0.3 is 9.84 Å². The molecule has 32 heavy (non-hydrogen) atoms. The van der Waals surface area contributed by atoms with Gasteiger partial charge in [0.25, 0.3) is 0 Å². The normalized spacial score (nSPS) is 17.6. The molecule has 0 radical (unpaired) electrons. The van der Waals surface area contributed by atoms with Gasteiger partial charge in [-0.3, -0.25) is 9.69 Å². The monoisotopic (exact) mass is 449 g/mol. The predicted octanol–water partition coefficient (Wildman–Crippen LogP) is 6.43. The van der Waals surface area contributed by atoms with E-state index in [-0.39, 0.29) is 6.04 Å². The minimum absolute atomic E-state index is 0.263. The van der Waals surface area contributed by atoms with Gasteiger partial charge in [0.05, 0.1) is 12.6 Å². The summed E-state index contributed by atoms with van der Waals surface area (Å²) in [7, 11) is 0. The van der Waals surface area contributed by atoms with Crippen molar-refractivity contribution >= 4 is 17.6 Å². The summed E-state index contributed by atoms with van der Waals surface area (Å²) in [6, 6.07) is 23.4. The molecule has 4 rings (SSSR count). The summed E-state index contributed by atoms with van der Waals surface area (Å²) in [6.07, 6.45) is 2.52. The maximum absolute atomic E-state index is 12.1. The molecule has 0 bridgehead atoms. The van der Waals surface area contributed by atoms with E-state index < -0.39 is 12.0 Å². The number of likely N-dealkylation sites (tertiary alicyclic amines) is 1. The van der Waals surface area contributed by atoms with E-state index in [0.717, 1.165) is 40.8 Å². The third-order valence-corrected chi connectivity index (χ3v) is 6.30. The molecule has 0 saturated carbocycles. The highest BCUT2D eigenvalue weighted by Crippen LogP contribution is 2.40. The standard InChI is InChI=1S/C27H28ClNO3/c1-2-32-25-16-15-22(28)18-23(25)26(29-17-7-6-10-24(29)27(30)31)21-13-11-20(12-14-21)19-8-4-3-5-9-19/h3-5,8-9,11-16,18,24,26H,2,6-7,10,17H2,1H3,(H,30,31). The molecule has 1 aliphatic heterocycles. The Morgan fingerprint density at radius 1 is 1.06 bits per heavy atom. The molecule has 166 valence electrons. The van der Waals surface area contributed by atoms with Crippen LogP contribution in [0, 0.1) is 0 Å². The van der Waals surface area contributed by atoms with Crippen LogP contribution < -0.4 is 4.74 Å². The van der Waals surface area contributed by atoms with Gasteiger partial charge in [0.2, 0.25) is 0 Å². The average Bonchev–Trinajstić information content (AvgIpc) is 2.82. The Bertz CT molecular complexity index is 1050. The molecule has 4 nitrogen and oxygen atoms in total. The quantitative estimate of drug-likeness (QED) is 0.451. The van der Waals surface area contributed by atoms with Gasteiger partial charge >= 0.3 is 5.97 Å². The number of hydrogen-bond donors (Lipinski definition) is 1. The van der Waals surface area contributed by atoms with Gasteiger partial charge in [-0.25, -0.2) is 0 Å². The van der Waals surface area contributed by atoms with Crippen LogP contribution in [0.3, 0.4) is 0 Å². The Kier molecular flexibility index (Phi) is 7.13. The predicted molar refractivity (Wildman–Crippen MR) is 128 cm³/mol. The number of halogens is 1. The minimum atomic E-state index is -0.782. The van der Waals surface area contributed by atoms with E-state index in [2.05, 4.69) is 41.3 Å². The van der Waals surface area contributed by atoms with Gasteiger partial charge in [-0.2, -0.15) is 0 Å². The first-order chi connectivity index (χ1) is 15.6. The largest absolute Gasteiger partial charge is 0.494 e. The van der Waals surface area contributed by atoms with E-state index in [4.69, 9.17) is 16.3 Å². The van der Waals surface area contributed by atoms with Crippen LogP contribution in [0.2, 0.25) is 5.02 Å². The van der Waals surface area contributed by atoms with Crippen molar-refractivity contribution in [2.24, 2.45) is 0 Å². The summed E-state index contributed by atoms with van der Waals surface area (Å²) in [4.78, 5) is 14.2. The van der Waals surface area contributed by atoms with E-state index >= 15 is 0 Å². The van der Waals surface area contributed by atoms with Gasteiger partial charge in [-0.1, -0.05) is 72.6 Å². The van der Waals surface area contributed by atoms with Crippen LogP contribution in [0.25, 0.3) is 11.1 Å². The number of hydrogen-bond acceptors (Lipinski definition) is 3. The molecule has 0 amide bonds. The summed E-state index contributed by atoms with van der Waals surface area (Å²) >= 11 is 6.40. The molecule has 0 spiro atoms. The first kappa shape index (κ1) is 22.4. The van der Waals surface area contributed by atoms with Crippen LogP contribution in [-0.4, -0.2) is 35.2 Å². The van der Waals surface area contributed by atoms with E-state index in [0.29, 0.717) is 24.6 Å². The van der Waals surface area contributed by atoms with Crippen molar-refractivity contribution in [3.63, 3.8) is 0 Å². The fourth-order valence-electron chi connectivity index (χ4n) is 4.59. The van der Waals surface area contributed by atoms with Gasteiger partial charge in [0, 0.05) is 10.6 Å². The van der Waals surface area contributed by atoms with Crippen LogP contribution in [0.4, 0.5) is 0 Å². The average molecular weight is 450 g/mol. The van der Waals surface area contributed by atoms with Crippen molar-refractivity contribution in [3.05, 3.63) is 88.9 Å². The molecule has 1 fully saturated rings. The number of benzene rings is 3. The molecule has 3 aromatic rings. The number of nitrogens with zero attached hydrogens (tertiary/aromatic N) is 1. The number of carboxylic acid groups (broad SMARTS) is 1. The minimum Gasteiger partial charge on any atom is -0.494 e. The number of aliphatic carboxylic acids is 1. The third kappa shape index (κ3) is 4.82. The maximum Gasteiger partial charge on any atom is 0.320 e. The number of piperidine rings is 1. The summed E-state index contributed by atoms with van der Waals surface area (Å²) < 4.78 is 5.94. The second-order valence-electron chi connectivity index (χ2n) is 8.09. The number of ether oxygens (including phenoxy) is 1. The zero-order valence-corrected chi connectivity index (χ0v) is 19.0. The van der Waals surface area contributed by atoms with E-state index in [1.54, 1.807) is 0 Å². The zero-order chi connectivity index (χ0) is 22.5. The molecule has 5 heteroatoms. The van der Waals surface area contributed by atoms with Crippen LogP contribution in [0.15, 0.2) is 72.8 Å². The second kappa shape index (κ2) is 10.2. The van der Waals surface area contributed by atoms with Crippen molar-refractivity contribution in [1.82, 2.24) is 4.90 Å². The van der Waals surface area contributed by atoms with Gasteiger partial charge in [-0.05, 0) is 61.2 Å². The molecule has 1 aliphatic rings. The zero-order valence-electron chi connectivity index (χ0n) is 18.2. The molecule has 1 N–H and O–H groups in total. The van der Waals surface area contributed by atoms with Crippen molar-refractivity contribution < 1.29 is 14.6 Å². The fraction of sp³-hybridized carbons (Fsp3) is 0.296. The molecule has 1 heterocycles. The van der Waals surface area contributed by atoms with Gasteiger partial charge in [0.15, 0.2) is 0 Å². The maximum atomic E-state index is 12.1. The smallest absolute Gasteiger partial charge is 0.320 e. The summed E-state index contributed by atoms with van der Waals surface area (Å²) in [5.74, 6) is -0.0423. The van der Waals surface area contributed by atoms with Crippen molar-refractivity contribution in [1.29, 1.82) is 0 Å². The first-order valence-corrected chi connectivity index (χ1v) is 11.5. The first-order valence-electron chi connectivity index (χ1n) is 11.1. The van der Waals surface area contributed by atoms with Crippen molar-refractivity contribution in [2.75, 3.05) is 13.2 Å². The Morgan fingerprint density at radius 3 is 2.47 bits per heavy atom. The molecule has 3 aromatic carbocycles. The molecule has 2 atom stereocenters. The highest BCUT2D eigenvalue weighted by atomic mass is 35.5. The van der Waals surface area contributed by atoms with E-state index in [9.17, 15) is 9.90 Å². The Balaban J connectivity index is 1.81. The van der Waals surface area contributed by atoms with Crippen LogP contribution in [-0.2, 0) is 4.79 Å². The second-order valence-corrected chi connectivity index (χ2v) is 8.53. The SMILES string of the molecule is CCOc1ccc(Cl)cc1C(c1ccc(-c2ccccc2)cc1)N1CCCCC1C(=O)O. The molecule has 0 aliphatic carbocycles. The number of carbonyl (C=O) groups is 1. The lowest BCUT2D eigenvalue weighted by Gasteiger charge is -2.40. The topological polar surface area (TPSA) is 49.8 Å². The molecule has 1 saturated heterocycles. The van der Waals surface area contributed by atoms with E-state index in [1.807, 2.05) is 43.3 Å². The summed E-state index contributed by atoms with van der Waals surface area (Å²) in [5, 5.41) is 10.6. The highest BCUT2D eigenvalue weighted by molar-refractivity contribution is 6.30. The van der Waals surface area contributed by atoms with E-state index in [1.165, 1.54) is 0 Å². The summed E-state index contributed by atoms with van der Waals surface area (Å²) in [5.41, 5.74) is 4.20. The molecule has 2 unspecified atom stereocenters. The lowest BCUT2D eigenvalue weighted by atomic mass is 9.90. The molecular weight excluding hydrogens is 422 g/mol. The third-order valence-electron chi connectivity index (χ3n) is 6.06. The fourth-order valence-corrected chi connectivity index (χ4v) is 4.77. The number of rotatable bonds is 7.